The summed E-state index contributed by atoms with van der Waals surface area (Å²) in [5, 5.41) is 11.9. The number of hydrogen-bond acceptors (Lipinski definition) is 3. The quantitative estimate of drug-likeness (QED) is 0.463. The molecule has 0 radical (unpaired) electrons. The van der Waals surface area contributed by atoms with Crippen molar-refractivity contribution in [2.24, 2.45) is 11.1 Å². The molecule has 0 amide bonds. The van der Waals surface area contributed by atoms with E-state index in [2.05, 4.69) is 36.3 Å². The van der Waals surface area contributed by atoms with E-state index in [0.717, 1.165) is 24.3 Å². The van der Waals surface area contributed by atoms with E-state index in [0.29, 0.717) is 12.0 Å². The van der Waals surface area contributed by atoms with Crippen molar-refractivity contribution in [1.82, 2.24) is 0 Å². The van der Waals surface area contributed by atoms with Gasteiger partial charge in [0, 0.05) is 0 Å². The van der Waals surface area contributed by atoms with Gasteiger partial charge in [-0.2, -0.15) is 0 Å². The number of aryl methyl sites for hydroxylation is 1. The second-order valence-corrected chi connectivity index (χ2v) is 6.09. The maximum Gasteiger partial charge on any atom is 0.119 e. The van der Waals surface area contributed by atoms with Crippen molar-refractivity contribution in [3.8, 4) is 5.75 Å². The first-order valence-electron chi connectivity index (χ1n) is 8.16. The highest BCUT2D eigenvalue weighted by molar-refractivity contribution is 5.81. The second kappa shape index (κ2) is 8.06. The molecule has 1 aromatic carbocycles. The first kappa shape index (κ1) is 15.9. The molecule has 1 aliphatic rings. The van der Waals surface area contributed by atoms with Gasteiger partial charge in [-0.1, -0.05) is 30.6 Å². The van der Waals surface area contributed by atoms with Crippen LogP contribution in [-0.4, -0.2) is 17.0 Å². The molecule has 1 N–H and O–H groups in total. The molecule has 1 aromatic rings. The van der Waals surface area contributed by atoms with E-state index >= 15 is 0 Å². The average molecular weight is 289 g/mol. The van der Waals surface area contributed by atoms with Crippen molar-refractivity contribution < 1.29 is 9.94 Å². The standard InChI is InChI=1S/C18H27NO2/c1-3-16-6-4-5-7-18(16)21-17-12-10-15(11-13-17)9-8-14(2)19-20/h10-13,16,18,20H,3-9H2,1-2H3. The van der Waals surface area contributed by atoms with Crippen molar-refractivity contribution in [1.29, 1.82) is 0 Å². The number of rotatable bonds is 6. The SMILES string of the molecule is CCC1CCCCC1Oc1ccc(CCC(C)=NO)cc1. The fourth-order valence-corrected chi connectivity index (χ4v) is 3.08. The Morgan fingerprint density at radius 2 is 1.95 bits per heavy atom. The minimum atomic E-state index is 0.387. The van der Waals surface area contributed by atoms with E-state index in [1.165, 1.54) is 37.7 Å². The Kier molecular flexibility index (Phi) is 6.09. The van der Waals surface area contributed by atoms with Gasteiger partial charge in [-0.3, -0.25) is 0 Å². The summed E-state index contributed by atoms with van der Waals surface area (Å²) in [4.78, 5) is 0. The van der Waals surface area contributed by atoms with Crippen LogP contribution in [0.1, 0.15) is 57.9 Å². The van der Waals surface area contributed by atoms with Gasteiger partial charge in [0.15, 0.2) is 0 Å². The largest absolute Gasteiger partial charge is 0.490 e. The summed E-state index contributed by atoms with van der Waals surface area (Å²) >= 11 is 0. The monoisotopic (exact) mass is 289 g/mol. The fraction of sp³-hybridized carbons (Fsp3) is 0.611. The molecule has 1 aliphatic carbocycles. The number of benzene rings is 1. The molecule has 2 rings (SSSR count). The van der Waals surface area contributed by atoms with Crippen LogP contribution >= 0.6 is 0 Å². The lowest BCUT2D eigenvalue weighted by Crippen LogP contribution is -2.29. The highest BCUT2D eigenvalue weighted by Crippen LogP contribution is 2.30. The summed E-state index contributed by atoms with van der Waals surface area (Å²) in [5.74, 6) is 1.69. The van der Waals surface area contributed by atoms with E-state index in [9.17, 15) is 0 Å². The highest BCUT2D eigenvalue weighted by Gasteiger charge is 2.25. The van der Waals surface area contributed by atoms with Crippen LogP contribution in [0.25, 0.3) is 0 Å². The van der Waals surface area contributed by atoms with E-state index in [4.69, 9.17) is 9.94 Å². The number of oxime groups is 1. The molecule has 1 fully saturated rings. The van der Waals surface area contributed by atoms with Crippen LogP contribution < -0.4 is 4.74 Å². The molecule has 0 saturated heterocycles. The molecular weight excluding hydrogens is 262 g/mol. The molecule has 0 aromatic heterocycles. The zero-order valence-corrected chi connectivity index (χ0v) is 13.2. The summed E-state index contributed by atoms with van der Waals surface area (Å²) in [6.45, 7) is 4.10. The summed E-state index contributed by atoms with van der Waals surface area (Å²) in [7, 11) is 0. The first-order valence-corrected chi connectivity index (χ1v) is 8.16. The molecule has 2 unspecified atom stereocenters. The fourth-order valence-electron chi connectivity index (χ4n) is 3.08. The smallest absolute Gasteiger partial charge is 0.119 e. The lowest BCUT2D eigenvalue weighted by Gasteiger charge is -2.31. The lowest BCUT2D eigenvalue weighted by molar-refractivity contribution is 0.0904. The third-order valence-corrected chi connectivity index (χ3v) is 4.52. The predicted molar refractivity (Wildman–Crippen MR) is 86.3 cm³/mol. The lowest BCUT2D eigenvalue weighted by atomic mass is 9.85. The van der Waals surface area contributed by atoms with Gasteiger partial charge in [0.05, 0.1) is 5.71 Å². The Labute approximate surface area is 128 Å². The molecule has 0 heterocycles. The van der Waals surface area contributed by atoms with Crippen LogP contribution in [0, 0.1) is 5.92 Å². The molecular formula is C18H27NO2. The Morgan fingerprint density at radius 3 is 2.62 bits per heavy atom. The highest BCUT2D eigenvalue weighted by atomic mass is 16.5. The predicted octanol–water partition coefficient (Wildman–Crippen LogP) is 4.82. The first-order chi connectivity index (χ1) is 10.2. The van der Waals surface area contributed by atoms with Crippen LogP contribution in [0.5, 0.6) is 5.75 Å². The van der Waals surface area contributed by atoms with Crippen molar-refractivity contribution in [3.63, 3.8) is 0 Å². The van der Waals surface area contributed by atoms with Crippen LogP contribution in [-0.2, 0) is 6.42 Å². The van der Waals surface area contributed by atoms with Gasteiger partial charge in [-0.05, 0) is 69.1 Å². The van der Waals surface area contributed by atoms with E-state index < -0.39 is 0 Å². The van der Waals surface area contributed by atoms with Gasteiger partial charge in [0.2, 0.25) is 0 Å². The van der Waals surface area contributed by atoms with Gasteiger partial charge < -0.3 is 9.94 Å². The molecule has 21 heavy (non-hydrogen) atoms. The maximum absolute atomic E-state index is 8.66. The second-order valence-electron chi connectivity index (χ2n) is 6.09. The van der Waals surface area contributed by atoms with Gasteiger partial charge in [0.25, 0.3) is 0 Å². The Morgan fingerprint density at radius 1 is 1.24 bits per heavy atom. The van der Waals surface area contributed by atoms with Crippen LogP contribution in [0.3, 0.4) is 0 Å². The third kappa shape index (κ3) is 4.76. The normalized spacial score (nSPS) is 23.0. The average Bonchev–Trinajstić information content (AvgIpc) is 2.54. The summed E-state index contributed by atoms with van der Waals surface area (Å²) in [6.07, 6.45) is 8.42. The van der Waals surface area contributed by atoms with Gasteiger partial charge in [0.1, 0.15) is 11.9 Å². The van der Waals surface area contributed by atoms with Gasteiger partial charge >= 0.3 is 0 Å². The zero-order chi connectivity index (χ0) is 15.1. The summed E-state index contributed by atoms with van der Waals surface area (Å²) in [6, 6.07) is 8.37. The molecule has 116 valence electrons. The third-order valence-electron chi connectivity index (χ3n) is 4.52. The van der Waals surface area contributed by atoms with Crippen molar-refractivity contribution in [2.45, 2.75) is 64.9 Å². The van der Waals surface area contributed by atoms with Crippen LogP contribution in [0.4, 0.5) is 0 Å². The minimum absolute atomic E-state index is 0.387. The Balaban J connectivity index is 1.89. The van der Waals surface area contributed by atoms with Crippen LogP contribution in [0.15, 0.2) is 29.4 Å². The Bertz CT molecular complexity index is 453. The molecule has 0 spiro atoms. The molecule has 2 atom stereocenters. The maximum atomic E-state index is 8.66. The number of hydrogen-bond donors (Lipinski definition) is 1. The Hall–Kier alpha value is -1.51. The summed E-state index contributed by atoms with van der Waals surface area (Å²) < 4.78 is 6.20. The van der Waals surface area contributed by atoms with E-state index in [1.54, 1.807) is 0 Å². The molecule has 0 bridgehead atoms. The van der Waals surface area contributed by atoms with Crippen molar-refractivity contribution >= 4 is 5.71 Å². The van der Waals surface area contributed by atoms with Gasteiger partial charge in [-0.25, -0.2) is 0 Å². The van der Waals surface area contributed by atoms with E-state index in [1.807, 2.05) is 6.92 Å². The number of nitrogens with zero attached hydrogens (tertiary/aromatic N) is 1. The molecule has 0 aliphatic heterocycles. The molecule has 1 saturated carbocycles. The number of ether oxygens (including phenoxy) is 1. The van der Waals surface area contributed by atoms with Crippen molar-refractivity contribution in [3.05, 3.63) is 29.8 Å². The molecule has 3 nitrogen and oxygen atoms in total. The zero-order valence-electron chi connectivity index (χ0n) is 13.2. The van der Waals surface area contributed by atoms with Crippen molar-refractivity contribution in [2.75, 3.05) is 0 Å². The van der Waals surface area contributed by atoms with Crippen LogP contribution in [0.2, 0.25) is 0 Å². The summed E-state index contributed by atoms with van der Waals surface area (Å²) in [5.41, 5.74) is 2.02. The molecule has 3 heteroatoms. The van der Waals surface area contributed by atoms with Gasteiger partial charge in [-0.15, -0.1) is 0 Å². The van der Waals surface area contributed by atoms with E-state index in [-0.39, 0.29) is 0 Å². The topological polar surface area (TPSA) is 41.8 Å². The minimum Gasteiger partial charge on any atom is -0.490 e.